The van der Waals surface area contributed by atoms with Gasteiger partial charge in [0.25, 0.3) is 0 Å². The molecule has 0 atom stereocenters. The molecule has 0 radical (unpaired) electrons. The molecule has 1 amide bonds. The fourth-order valence-electron chi connectivity index (χ4n) is 1.33. The molecule has 0 aliphatic rings. The number of nitrogens with zero attached hydrogens (tertiary/aromatic N) is 2. The highest BCUT2D eigenvalue weighted by molar-refractivity contribution is 7.89. The van der Waals surface area contributed by atoms with Gasteiger partial charge in [-0.2, -0.15) is 5.10 Å². The van der Waals surface area contributed by atoms with Crippen molar-refractivity contribution in [2.75, 3.05) is 12.3 Å². The summed E-state index contributed by atoms with van der Waals surface area (Å²) in [7, 11) is -3.69. The van der Waals surface area contributed by atoms with Crippen LogP contribution in [-0.4, -0.2) is 30.7 Å². The zero-order chi connectivity index (χ0) is 13.8. The summed E-state index contributed by atoms with van der Waals surface area (Å²) in [5.74, 6) is -0.508. The van der Waals surface area contributed by atoms with E-state index in [1.54, 1.807) is 0 Å². The van der Waals surface area contributed by atoms with E-state index >= 15 is 0 Å². The van der Waals surface area contributed by atoms with E-state index in [4.69, 9.17) is 11.5 Å². The first-order valence-electron chi connectivity index (χ1n) is 5.47. The minimum atomic E-state index is -3.69. The van der Waals surface area contributed by atoms with Crippen LogP contribution < -0.4 is 16.2 Å². The third-order valence-corrected chi connectivity index (χ3v) is 3.74. The maximum absolute atomic E-state index is 11.9. The van der Waals surface area contributed by atoms with Gasteiger partial charge in [0.05, 0.1) is 0 Å². The topological polar surface area (TPSA) is 133 Å². The van der Waals surface area contributed by atoms with Gasteiger partial charge in [0.2, 0.25) is 15.9 Å². The Morgan fingerprint density at radius 2 is 2.22 bits per heavy atom. The molecule has 0 spiro atoms. The van der Waals surface area contributed by atoms with Crippen molar-refractivity contribution in [1.29, 1.82) is 0 Å². The molecule has 0 fully saturated rings. The first-order valence-corrected chi connectivity index (χ1v) is 6.96. The van der Waals surface area contributed by atoms with E-state index in [1.807, 2.05) is 6.92 Å². The Bertz CT molecular complexity index is 522. The maximum atomic E-state index is 11.9. The summed E-state index contributed by atoms with van der Waals surface area (Å²) < 4.78 is 27.5. The van der Waals surface area contributed by atoms with Crippen LogP contribution in [0.3, 0.4) is 0 Å². The van der Waals surface area contributed by atoms with E-state index in [9.17, 15) is 13.2 Å². The van der Waals surface area contributed by atoms with Gasteiger partial charge in [-0.15, -0.1) is 0 Å². The Labute approximate surface area is 105 Å². The molecule has 102 valence electrons. The molecule has 1 rings (SSSR count). The summed E-state index contributed by atoms with van der Waals surface area (Å²) in [5.41, 5.74) is 10.5. The molecule has 0 saturated heterocycles. The van der Waals surface area contributed by atoms with E-state index in [-0.39, 0.29) is 23.7 Å². The molecule has 0 aliphatic heterocycles. The van der Waals surface area contributed by atoms with Crippen molar-refractivity contribution in [2.45, 2.75) is 31.2 Å². The number of carbonyl (C=O) groups excluding carboxylic acids is 1. The normalized spacial score (nSPS) is 11.6. The Kier molecular flexibility index (Phi) is 4.68. The molecular weight excluding hydrogens is 258 g/mol. The highest BCUT2D eigenvalue weighted by Gasteiger charge is 2.20. The number of aromatic nitrogens is 2. The Balaban J connectivity index is 2.68. The highest BCUT2D eigenvalue weighted by atomic mass is 32.2. The van der Waals surface area contributed by atoms with Crippen molar-refractivity contribution in [2.24, 2.45) is 5.73 Å². The Morgan fingerprint density at radius 3 is 2.72 bits per heavy atom. The molecule has 1 aromatic heterocycles. The largest absolute Gasteiger partial charge is 0.381 e. The summed E-state index contributed by atoms with van der Waals surface area (Å²) in [5, 5.41) is 3.85. The van der Waals surface area contributed by atoms with Crippen LogP contribution in [0, 0.1) is 0 Å². The Hall–Kier alpha value is -1.61. The molecule has 0 saturated carbocycles. The molecule has 1 aromatic rings. The molecule has 0 aromatic carbocycles. The Morgan fingerprint density at radius 1 is 1.56 bits per heavy atom. The zero-order valence-electron chi connectivity index (χ0n) is 10.1. The van der Waals surface area contributed by atoms with Gasteiger partial charge in [-0.1, -0.05) is 0 Å². The second-order valence-corrected chi connectivity index (χ2v) is 5.44. The van der Waals surface area contributed by atoms with Crippen LogP contribution in [0.2, 0.25) is 0 Å². The van der Waals surface area contributed by atoms with Crippen LogP contribution in [0.15, 0.2) is 11.1 Å². The number of anilines is 1. The van der Waals surface area contributed by atoms with Crippen LogP contribution in [0.5, 0.6) is 0 Å². The van der Waals surface area contributed by atoms with Crippen LogP contribution in [0.1, 0.15) is 19.8 Å². The van der Waals surface area contributed by atoms with E-state index in [1.165, 1.54) is 10.9 Å². The van der Waals surface area contributed by atoms with Crippen LogP contribution >= 0.6 is 0 Å². The quantitative estimate of drug-likeness (QED) is 0.550. The minimum absolute atomic E-state index is 0.0424. The molecular formula is C9H17N5O3S. The molecule has 1 heterocycles. The number of sulfonamides is 1. The number of rotatable bonds is 7. The lowest BCUT2D eigenvalue weighted by molar-refractivity contribution is -0.118. The summed E-state index contributed by atoms with van der Waals surface area (Å²) in [6.07, 6.45) is 1.84. The van der Waals surface area contributed by atoms with Gasteiger partial charge in [-0.05, 0) is 13.3 Å². The van der Waals surface area contributed by atoms with Gasteiger partial charge in [0.15, 0.2) is 5.82 Å². The third kappa shape index (κ3) is 3.70. The number of aryl methyl sites for hydroxylation is 1. The molecule has 18 heavy (non-hydrogen) atoms. The number of carbonyl (C=O) groups is 1. The monoisotopic (exact) mass is 275 g/mol. The van der Waals surface area contributed by atoms with Crippen molar-refractivity contribution in [1.82, 2.24) is 14.5 Å². The second-order valence-electron chi connectivity index (χ2n) is 3.70. The van der Waals surface area contributed by atoms with Gasteiger partial charge in [0, 0.05) is 25.7 Å². The van der Waals surface area contributed by atoms with Crippen molar-refractivity contribution in [3.8, 4) is 0 Å². The fraction of sp³-hybridized carbons (Fsp3) is 0.556. The van der Waals surface area contributed by atoms with Crippen LogP contribution in [-0.2, 0) is 21.4 Å². The van der Waals surface area contributed by atoms with Gasteiger partial charge >= 0.3 is 0 Å². The third-order valence-electron chi connectivity index (χ3n) is 2.26. The number of nitrogen functional groups attached to an aromatic ring is 1. The van der Waals surface area contributed by atoms with Gasteiger partial charge in [0.1, 0.15) is 4.90 Å². The summed E-state index contributed by atoms with van der Waals surface area (Å²) >= 11 is 0. The number of primary amides is 1. The molecule has 0 aliphatic carbocycles. The van der Waals surface area contributed by atoms with Crippen molar-refractivity contribution >= 4 is 21.7 Å². The number of amides is 1. The predicted molar refractivity (Wildman–Crippen MR) is 65.9 cm³/mol. The lowest BCUT2D eigenvalue weighted by Gasteiger charge is -2.04. The molecule has 8 nitrogen and oxygen atoms in total. The number of nitrogens with two attached hydrogens (primary N) is 2. The van der Waals surface area contributed by atoms with E-state index in [0.29, 0.717) is 13.0 Å². The van der Waals surface area contributed by atoms with E-state index in [2.05, 4.69) is 9.82 Å². The first kappa shape index (κ1) is 14.5. The van der Waals surface area contributed by atoms with Crippen molar-refractivity contribution in [3.63, 3.8) is 0 Å². The van der Waals surface area contributed by atoms with Crippen LogP contribution in [0.25, 0.3) is 0 Å². The first-order chi connectivity index (χ1) is 8.36. The van der Waals surface area contributed by atoms with Crippen molar-refractivity contribution in [3.05, 3.63) is 6.20 Å². The second kappa shape index (κ2) is 5.83. The SMILES string of the molecule is CCn1cc(S(=O)(=O)NCCCC(N)=O)c(N)n1. The van der Waals surface area contributed by atoms with Gasteiger partial charge in [-0.25, -0.2) is 13.1 Å². The highest BCUT2D eigenvalue weighted by Crippen LogP contribution is 2.15. The molecule has 9 heteroatoms. The van der Waals surface area contributed by atoms with Gasteiger partial charge < -0.3 is 11.5 Å². The zero-order valence-corrected chi connectivity index (χ0v) is 10.9. The standard InChI is InChI=1S/C9H17N5O3S/c1-2-14-6-7(9(11)13-14)18(16,17)12-5-3-4-8(10)15/h6,12H,2-5H2,1H3,(H2,10,15)(H2,11,13). The van der Waals surface area contributed by atoms with Gasteiger partial charge in [-0.3, -0.25) is 9.48 Å². The molecule has 5 N–H and O–H groups in total. The average molecular weight is 275 g/mol. The maximum Gasteiger partial charge on any atom is 0.245 e. The summed E-state index contributed by atoms with van der Waals surface area (Å²) in [6.45, 7) is 2.48. The summed E-state index contributed by atoms with van der Waals surface area (Å²) in [6, 6.07) is 0. The molecule has 0 unspecified atom stereocenters. The smallest absolute Gasteiger partial charge is 0.245 e. The fourth-order valence-corrected chi connectivity index (χ4v) is 2.48. The van der Waals surface area contributed by atoms with E-state index < -0.39 is 15.9 Å². The van der Waals surface area contributed by atoms with Crippen LogP contribution in [0.4, 0.5) is 5.82 Å². The number of hydrogen-bond donors (Lipinski definition) is 3. The number of nitrogens with one attached hydrogen (secondary N) is 1. The average Bonchev–Trinajstić information content (AvgIpc) is 2.66. The summed E-state index contributed by atoms with van der Waals surface area (Å²) in [4.78, 5) is 10.4. The lowest BCUT2D eigenvalue weighted by Crippen LogP contribution is -2.26. The minimum Gasteiger partial charge on any atom is -0.381 e. The lowest BCUT2D eigenvalue weighted by atomic mass is 10.3. The molecule has 0 bridgehead atoms. The van der Waals surface area contributed by atoms with E-state index in [0.717, 1.165) is 0 Å². The number of hydrogen-bond acceptors (Lipinski definition) is 5. The predicted octanol–water partition coefficient (Wildman–Crippen LogP) is -0.971. The van der Waals surface area contributed by atoms with Crippen molar-refractivity contribution < 1.29 is 13.2 Å².